The third-order valence-corrected chi connectivity index (χ3v) is 5.11. The van der Waals surface area contributed by atoms with E-state index in [0.29, 0.717) is 5.56 Å². The first kappa shape index (κ1) is 17.6. The maximum atomic E-state index is 13.4. The van der Waals surface area contributed by atoms with Crippen LogP contribution in [-0.4, -0.2) is 47.9 Å². The molecular formula is C20H24FN3O. The zero-order valence-corrected chi connectivity index (χ0v) is 14.5. The van der Waals surface area contributed by atoms with Gasteiger partial charge < -0.3 is 9.80 Å². The van der Waals surface area contributed by atoms with E-state index in [1.807, 2.05) is 11.0 Å². The molecule has 1 aromatic carbocycles. The van der Waals surface area contributed by atoms with Crippen LogP contribution in [0.15, 0.2) is 24.3 Å². The number of likely N-dealkylation sites (tertiary alicyclic amines) is 2. The average Bonchev–Trinajstić information content (AvgIpc) is 3.10. The summed E-state index contributed by atoms with van der Waals surface area (Å²) in [7, 11) is 0. The van der Waals surface area contributed by atoms with E-state index >= 15 is 0 Å². The molecule has 2 aliphatic rings. The molecule has 1 unspecified atom stereocenters. The summed E-state index contributed by atoms with van der Waals surface area (Å²) in [5, 5.41) is 8.89. The fraction of sp³-hybridized carbons (Fsp3) is 0.500. The third kappa shape index (κ3) is 4.46. The number of hydrogen-bond donors (Lipinski definition) is 0. The highest BCUT2D eigenvalue weighted by Crippen LogP contribution is 2.21. The van der Waals surface area contributed by atoms with E-state index in [1.54, 1.807) is 18.2 Å². The summed E-state index contributed by atoms with van der Waals surface area (Å²) in [5.41, 5.74) is 0.664. The zero-order valence-electron chi connectivity index (χ0n) is 14.5. The van der Waals surface area contributed by atoms with Crippen molar-refractivity contribution in [3.63, 3.8) is 0 Å². The molecule has 1 aromatic rings. The van der Waals surface area contributed by atoms with Gasteiger partial charge in [0, 0.05) is 25.2 Å². The quantitative estimate of drug-likeness (QED) is 0.790. The maximum Gasteiger partial charge on any atom is 0.246 e. The molecule has 2 fully saturated rings. The van der Waals surface area contributed by atoms with Crippen molar-refractivity contribution in [3.8, 4) is 6.07 Å². The Labute approximate surface area is 148 Å². The molecule has 0 bridgehead atoms. The molecule has 0 saturated carbocycles. The SMILES string of the molecule is N#Cc1cc(C=CC(=O)N2CCCC2CN2CCCCC2)ccc1F. The Kier molecular flexibility index (Phi) is 5.83. The summed E-state index contributed by atoms with van der Waals surface area (Å²) in [4.78, 5) is 17.0. The van der Waals surface area contributed by atoms with Crippen molar-refractivity contribution in [1.82, 2.24) is 9.80 Å². The van der Waals surface area contributed by atoms with Crippen LogP contribution < -0.4 is 0 Å². The molecule has 0 radical (unpaired) electrons. The van der Waals surface area contributed by atoms with Gasteiger partial charge >= 0.3 is 0 Å². The second kappa shape index (κ2) is 8.26. The van der Waals surface area contributed by atoms with Gasteiger partial charge in [-0.3, -0.25) is 4.79 Å². The van der Waals surface area contributed by atoms with Gasteiger partial charge in [0.1, 0.15) is 11.9 Å². The normalized spacial score (nSPS) is 21.6. The number of nitriles is 1. The van der Waals surface area contributed by atoms with E-state index in [9.17, 15) is 9.18 Å². The van der Waals surface area contributed by atoms with Crippen LogP contribution in [0.3, 0.4) is 0 Å². The van der Waals surface area contributed by atoms with Crippen molar-refractivity contribution in [2.24, 2.45) is 0 Å². The van der Waals surface area contributed by atoms with Crippen LogP contribution in [0.2, 0.25) is 0 Å². The number of piperidine rings is 1. The van der Waals surface area contributed by atoms with Gasteiger partial charge in [0.05, 0.1) is 5.56 Å². The summed E-state index contributed by atoms with van der Waals surface area (Å²) in [5.74, 6) is -0.533. The van der Waals surface area contributed by atoms with Gasteiger partial charge in [-0.2, -0.15) is 5.26 Å². The average molecular weight is 341 g/mol. The number of carbonyl (C=O) groups is 1. The fourth-order valence-corrected chi connectivity index (χ4v) is 3.75. The van der Waals surface area contributed by atoms with Gasteiger partial charge in [0.25, 0.3) is 0 Å². The lowest BCUT2D eigenvalue weighted by Gasteiger charge is -2.32. The molecule has 25 heavy (non-hydrogen) atoms. The van der Waals surface area contributed by atoms with Crippen molar-refractivity contribution in [2.75, 3.05) is 26.2 Å². The number of halogens is 1. The number of nitrogens with zero attached hydrogens (tertiary/aromatic N) is 3. The van der Waals surface area contributed by atoms with E-state index in [2.05, 4.69) is 4.90 Å². The molecule has 2 aliphatic heterocycles. The number of rotatable bonds is 4. The Morgan fingerprint density at radius 2 is 2.04 bits per heavy atom. The smallest absolute Gasteiger partial charge is 0.246 e. The Morgan fingerprint density at radius 3 is 2.80 bits per heavy atom. The van der Waals surface area contributed by atoms with Crippen molar-refractivity contribution >= 4 is 12.0 Å². The summed E-state index contributed by atoms with van der Waals surface area (Å²) in [6, 6.07) is 6.42. The van der Waals surface area contributed by atoms with Crippen LogP contribution in [0.5, 0.6) is 0 Å². The summed E-state index contributed by atoms with van der Waals surface area (Å²) >= 11 is 0. The molecule has 132 valence electrons. The second-order valence-electron chi connectivity index (χ2n) is 6.87. The van der Waals surface area contributed by atoms with E-state index < -0.39 is 5.82 Å². The minimum Gasteiger partial charge on any atom is -0.335 e. The standard InChI is InChI=1S/C20H24FN3O/c21-19-8-6-16(13-17(19)14-22)7-9-20(25)24-12-4-5-18(24)15-23-10-2-1-3-11-23/h6-9,13,18H,1-5,10-12,15H2. The van der Waals surface area contributed by atoms with Crippen LogP contribution in [0.4, 0.5) is 4.39 Å². The summed E-state index contributed by atoms with van der Waals surface area (Å²) in [6.45, 7) is 4.05. The Bertz CT molecular complexity index is 689. The van der Waals surface area contributed by atoms with E-state index in [0.717, 1.165) is 39.0 Å². The predicted octanol–water partition coefficient (Wildman–Crippen LogP) is 3.19. The van der Waals surface area contributed by atoms with Crippen LogP contribution in [0.25, 0.3) is 6.08 Å². The van der Waals surface area contributed by atoms with Gasteiger partial charge in [-0.05, 0) is 62.5 Å². The highest BCUT2D eigenvalue weighted by atomic mass is 19.1. The van der Waals surface area contributed by atoms with Crippen molar-refractivity contribution in [2.45, 2.75) is 38.1 Å². The van der Waals surface area contributed by atoms with Crippen LogP contribution in [0.1, 0.15) is 43.2 Å². The monoisotopic (exact) mass is 341 g/mol. The molecule has 0 N–H and O–H groups in total. The van der Waals surface area contributed by atoms with Crippen molar-refractivity contribution in [3.05, 3.63) is 41.2 Å². The van der Waals surface area contributed by atoms with Crippen LogP contribution >= 0.6 is 0 Å². The molecule has 5 heteroatoms. The molecular weight excluding hydrogens is 317 g/mol. The first-order chi connectivity index (χ1) is 12.2. The number of amides is 1. The number of benzene rings is 1. The van der Waals surface area contributed by atoms with Crippen LogP contribution in [-0.2, 0) is 4.79 Å². The first-order valence-corrected chi connectivity index (χ1v) is 9.08. The lowest BCUT2D eigenvalue weighted by molar-refractivity contribution is -0.127. The molecule has 0 aromatic heterocycles. The Balaban J connectivity index is 1.62. The zero-order chi connectivity index (χ0) is 17.6. The molecule has 2 heterocycles. The fourth-order valence-electron chi connectivity index (χ4n) is 3.75. The summed E-state index contributed by atoms with van der Waals surface area (Å²) in [6.07, 6.45) is 9.15. The van der Waals surface area contributed by atoms with Crippen LogP contribution in [0, 0.1) is 17.1 Å². The van der Waals surface area contributed by atoms with Gasteiger partial charge in [0.15, 0.2) is 0 Å². The molecule has 4 nitrogen and oxygen atoms in total. The Morgan fingerprint density at radius 1 is 1.24 bits per heavy atom. The predicted molar refractivity (Wildman–Crippen MR) is 95.2 cm³/mol. The molecule has 2 saturated heterocycles. The van der Waals surface area contributed by atoms with Gasteiger partial charge in [-0.15, -0.1) is 0 Å². The molecule has 1 amide bonds. The molecule has 0 spiro atoms. The van der Waals surface area contributed by atoms with E-state index in [-0.39, 0.29) is 17.5 Å². The minimum atomic E-state index is -0.535. The Hall–Kier alpha value is -2.19. The third-order valence-electron chi connectivity index (χ3n) is 5.11. The largest absolute Gasteiger partial charge is 0.335 e. The first-order valence-electron chi connectivity index (χ1n) is 9.08. The van der Waals surface area contributed by atoms with Gasteiger partial charge in [-0.25, -0.2) is 4.39 Å². The van der Waals surface area contributed by atoms with E-state index in [1.165, 1.54) is 31.4 Å². The number of carbonyl (C=O) groups excluding carboxylic acids is 1. The summed E-state index contributed by atoms with van der Waals surface area (Å²) < 4.78 is 13.4. The van der Waals surface area contributed by atoms with Crippen molar-refractivity contribution in [1.29, 1.82) is 5.26 Å². The van der Waals surface area contributed by atoms with E-state index in [4.69, 9.17) is 5.26 Å². The lowest BCUT2D eigenvalue weighted by atomic mass is 10.1. The van der Waals surface area contributed by atoms with Crippen molar-refractivity contribution < 1.29 is 9.18 Å². The minimum absolute atomic E-state index is 0.00116. The molecule has 3 rings (SSSR count). The van der Waals surface area contributed by atoms with Gasteiger partial charge in [0.2, 0.25) is 5.91 Å². The highest BCUT2D eigenvalue weighted by molar-refractivity contribution is 5.92. The van der Waals surface area contributed by atoms with Gasteiger partial charge in [-0.1, -0.05) is 12.5 Å². The highest BCUT2D eigenvalue weighted by Gasteiger charge is 2.29. The molecule has 0 aliphatic carbocycles. The number of hydrogen-bond acceptors (Lipinski definition) is 3. The second-order valence-corrected chi connectivity index (χ2v) is 6.87. The topological polar surface area (TPSA) is 47.3 Å². The molecule has 1 atom stereocenters. The maximum absolute atomic E-state index is 13.4. The lowest BCUT2D eigenvalue weighted by Crippen LogP contribution is -2.44.